The molecule has 0 aliphatic heterocycles. The number of carbonyl (C=O) groups excluding carboxylic acids is 1. The van der Waals surface area contributed by atoms with Crippen molar-refractivity contribution in [2.24, 2.45) is 0 Å². The topological polar surface area (TPSA) is 35.5 Å². The van der Waals surface area contributed by atoms with Gasteiger partial charge >= 0.3 is 0 Å². The Hall–Kier alpha value is -1.33. The summed E-state index contributed by atoms with van der Waals surface area (Å²) < 4.78 is 12.0. The van der Waals surface area contributed by atoms with Crippen molar-refractivity contribution in [3.8, 4) is 11.5 Å². The van der Waals surface area contributed by atoms with Gasteiger partial charge in [0.25, 0.3) is 0 Å². The molecule has 0 spiro atoms. The number of rotatable bonds is 10. The van der Waals surface area contributed by atoms with Crippen molar-refractivity contribution in [3.63, 3.8) is 0 Å². The zero-order valence-electron chi connectivity index (χ0n) is 20.5. The molecule has 0 fully saturated rings. The molecule has 0 aromatic heterocycles. The minimum Gasteiger partial charge on any atom is -0.490 e. The molecule has 0 saturated carbocycles. The predicted octanol–water partition coefficient (Wildman–Crippen LogP) is 7.72. The van der Waals surface area contributed by atoms with Crippen LogP contribution in [0.3, 0.4) is 0 Å². The number of benzene rings is 2. The summed E-state index contributed by atoms with van der Waals surface area (Å²) in [5, 5.41) is 1.15. The van der Waals surface area contributed by atoms with Gasteiger partial charge in [-0.3, -0.25) is 4.79 Å². The lowest BCUT2D eigenvalue weighted by Crippen LogP contribution is -2.24. The van der Waals surface area contributed by atoms with Crippen molar-refractivity contribution in [1.82, 2.24) is 0 Å². The molecule has 2 aromatic rings. The van der Waals surface area contributed by atoms with Gasteiger partial charge in [0, 0.05) is 10.7 Å². The third-order valence-corrected chi connectivity index (χ3v) is 6.77. The van der Waals surface area contributed by atoms with Gasteiger partial charge in [-0.05, 0) is 88.8 Å². The number of hydrogen-bond donors (Lipinski definition) is 0. The first-order valence-corrected chi connectivity index (χ1v) is 13.5. The highest BCUT2D eigenvalue weighted by molar-refractivity contribution is 9.09. The van der Waals surface area contributed by atoms with E-state index in [2.05, 4.69) is 56.1 Å². The van der Waals surface area contributed by atoms with Gasteiger partial charge in [0.2, 0.25) is 0 Å². The molecule has 0 aliphatic carbocycles. The molecule has 3 nitrogen and oxygen atoms in total. The Morgan fingerprint density at radius 1 is 0.688 bits per heavy atom. The van der Waals surface area contributed by atoms with Crippen LogP contribution < -0.4 is 9.47 Å². The molecular formula is C27H36Br2O3. The smallest absolute Gasteiger partial charge is 0.149 e. The Labute approximate surface area is 210 Å². The van der Waals surface area contributed by atoms with E-state index >= 15 is 0 Å². The van der Waals surface area contributed by atoms with E-state index in [0.717, 1.165) is 44.9 Å². The van der Waals surface area contributed by atoms with Crippen LogP contribution in [0.2, 0.25) is 0 Å². The van der Waals surface area contributed by atoms with Crippen molar-refractivity contribution in [2.45, 2.75) is 79.4 Å². The number of alkyl halides is 2. The summed E-state index contributed by atoms with van der Waals surface area (Å²) in [5.74, 6) is 1.54. The first kappa shape index (κ1) is 26.9. The molecule has 5 heteroatoms. The van der Waals surface area contributed by atoms with Crippen LogP contribution in [0.25, 0.3) is 0 Å². The normalized spacial score (nSPS) is 13.4. The quantitative estimate of drug-likeness (QED) is 0.276. The van der Waals surface area contributed by atoms with Crippen LogP contribution >= 0.6 is 31.9 Å². The van der Waals surface area contributed by atoms with Crippen molar-refractivity contribution in [2.75, 3.05) is 10.7 Å². The van der Waals surface area contributed by atoms with Gasteiger partial charge in [0.15, 0.2) is 0 Å². The molecule has 2 atom stereocenters. The highest BCUT2D eigenvalue weighted by Crippen LogP contribution is 2.36. The zero-order valence-corrected chi connectivity index (χ0v) is 23.7. The van der Waals surface area contributed by atoms with Gasteiger partial charge in [-0.25, -0.2) is 0 Å². The van der Waals surface area contributed by atoms with Crippen molar-refractivity contribution >= 4 is 37.6 Å². The van der Waals surface area contributed by atoms with E-state index in [1.54, 1.807) is 0 Å². The summed E-state index contributed by atoms with van der Waals surface area (Å²) in [7, 11) is 0. The lowest BCUT2D eigenvalue weighted by Gasteiger charge is -2.24. The summed E-state index contributed by atoms with van der Waals surface area (Å²) in [6, 6.07) is 8.37. The molecule has 0 aliphatic rings. The summed E-state index contributed by atoms with van der Waals surface area (Å²) in [6.45, 7) is 16.3. The Morgan fingerprint density at radius 3 is 1.19 bits per heavy atom. The van der Waals surface area contributed by atoms with Crippen LogP contribution in [0.4, 0.5) is 0 Å². The van der Waals surface area contributed by atoms with Crippen LogP contribution in [-0.2, 0) is 4.79 Å². The van der Waals surface area contributed by atoms with E-state index in [4.69, 9.17) is 9.47 Å². The molecule has 0 N–H and O–H groups in total. The van der Waals surface area contributed by atoms with Gasteiger partial charge in [0.1, 0.15) is 17.3 Å². The Kier molecular flexibility index (Phi) is 9.84. The molecule has 32 heavy (non-hydrogen) atoms. The molecule has 0 saturated heterocycles. The Morgan fingerprint density at radius 2 is 0.969 bits per heavy atom. The maximum absolute atomic E-state index is 13.8. The number of ketones is 1. The van der Waals surface area contributed by atoms with Crippen LogP contribution in [0.1, 0.15) is 72.9 Å². The Bertz CT molecular complexity index is 828. The molecular weight excluding hydrogens is 532 g/mol. The maximum atomic E-state index is 13.8. The fourth-order valence-corrected chi connectivity index (χ4v) is 5.50. The average molecular weight is 568 g/mol. The number of Topliss-reactive ketones (excluding diaryl/α,β-unsaturated/α-hetero) is 1. The highest BCUT2D eigenvalue weighted by atomic mass is 79.9. The first-order chi connectivity index (χ1) is 15.0. The van der Waals surface area contributed by atoms with Crippen LogP contribution in [0, 0.1) is 27.7 Å². The third kappa shape index (κ3) is 6.38. The van der Waals surface area contributed by atoms with Gasteiger partial charge in [-0.2, -0.15) is 0 Å². The van der Waals surface area contributed by atoms with Crippen molar-refractivity contribution in [3.05, 3.63) is 57.6 Å². The number of carbonyl (C=O) groups is 1. The second-order valence-electron chi connectivity index (χ2n) is 9.12. The number of aryl methyl sites for hydroxylation is 4. The average Bonchev–Trinajstić information content (AvgIpc) is 2.68. The second kappa shape index (κ2) is 11.7. The molecule has 2 rings (SSSR count). The summed E-state index contributed by atoms with van der Waals surface area (Å²) in [5.41, 5.74) is 6.29. The van der Waals surface area contributed by atoms with E-state index in [1.807, 2.05) is 55.4 Å². The maximum Gasteiger partial charge on any atom is 0.149 e. The zero-order chi connectivity index (χ0) is 24.2. The summed E-state index contributed by atoms with van der Waals surface area (Å²) >= 11 is 7.22. The lowest BCUT2D eigenvalue weighted by molar-refractivity contribution is -0.121. The number of ether oxygens (including phenoxy) is 2. The largest absolute Gasteiger partial charge is 0.490 e. The first-order valence-electron chi connectivity index (χ1n) is 11.2. The van der Waals surface area contributed by atoms with E-state index in [0.29, 0.717) is 10.7 Å². The van der Waals surface area contributed by atoms with E-state index in [9.17, 15) is 4.79 Å². The number of halogens is 2. The van der Waals surface area contributed by atoms with Crippen LogP contribution in [-0.4, -0.2) is 28.7 Å². The molecule has 0 radical (unpaired) electrons. The van der Waals surface area contributed by atoms with E-state index < -0.39 is 0 Å². The van der Waals surface area contributed by atoms with Crippen molar-refractivity contribution < 1.29 is 14.3 Å². The lowest BCUT2D eigenvalue weighted by atomic mass is 9.83. The SMILES string of the molecule is Cc1cc(C(CBr)C(=O)C(CBr)c2cc(C)c(OC(C)C)c(C)c2)cc(C)c1OC(C)C. The molecule has 0 heterocycles. The minimum atomic E-state index is -0.241. The fraction of sp³-hybridized carbons (Fsp3) is 0.519. The highest BCUT2D eigenvalue weighted by Gasteiger charge is 2.30. The molecule has 0 amide bonds. The van der Waals surface area contributed by atoms with Gasteiger partial charge in [-0.15, -0.1) is 0 Å². The Balaban J connectivity index is 2.42. The van der Waals surface area contributed by atoms with Crippen molar-refractivity contribution in [1.29, 1.82) is 0 Å². The van der Waals surface area contributed by atoms with E-state index in [1.165, 1.54) is 0 Å². The van der Waals surface area contributed by atoms with E-state index in [-0.39, 0.29) is 29.8 Å². The molecule has 2 unspecified atom stereocenters. The van der Waals surface area contributed by atoms with Crippen LogP contribution in [0.15, 0.2) is 24.3 Å². The molecule has 2 aromatic carbocycles. The monoisotopic (exact) mass is 566 g/mol. The summed E-state index contributed by atoms with van der Waals surface area (Å²) in [6.07, 6.45) is 0.220. The standard InChI is InChI=1S/C27H36Br2O3/c1-15(2)31-26-17(5)9-21(10-18(26)6)23(13-28)25(30)24(14-29)22-11-19(7)27(20(8)12-22)32-16(3)4/h9-12,15-16,23-24H,13-14H2,1-8H3. The summed E-state index contributed by atoms with van der Waals surface area (Å²) in [4.78, 5) is 13.8. The van der Waals surface area contributed by atoms with Gasteiger partial charge < -0.3 is 9.47 Å². The minimum absolute atomic E-state index is 0.110. The van der Waals surface area contributed by atoms with Gasteiger partial charge in [-0.1, -0.05) is 56.1 Å². The molecule has 0 bridgehead atoms. The predicted molar refractivity (Wildman–Crippen MR) is 141 cm³/mol. The third-order valence-electron chi connectivity index (χ3n) is 5.47. The van der Waals surface area contributed by atoms with Crippen LogP contribution in [0.5, 0.6) is 11.5 Å². The number of hydrogen-bond acceptors (Lipinski definition) is 3. The second-order valence-corrected chi connectivity index (χ2v) is 10.4. The van der Waals surface area contributed by atoms with Gasteiger partial charge in [0.05, 0.1) is 24.0 Å². The fourth-order valence-electron chi connectivity index (χ4n) is 4.11. The molecule has 176 valence electrons.